The summed E-state index contributed by atoms with van der Waals surface area (Å²) in [6, 6.07) is 8.48. The number of halogens is 2. The van der Waals surface area contributed by atoms with Gasteiger partial charge in [0.1, 0.15) is 0 Å². The lowest BCUT2D eigenvalue weighted by Crippen LogP contribution is -2.03. The van der Waals surface area contributed by atoms with E-state index in [0.717, 1.165) is 16.8 Å². The van der Waals surface area contributed by atoms with Crippen LogP contribution in [0.4, 0.5) is 5.69 Å². The van der Waals surface area contributed by atoms with Crippen molar-refractivity contribution in [3.8, 4) is 5.75 Å². The zero-order valence-corrected chi connectivity index (χ0v) is 13.6. The van der Waals surface area contributed by atoms with E-state index in [2.05, 4.69) is 5.32 Å². The molecule has 22 heavy (non-hydrogen) atoms. The summed E-state index contributed by atoms with van der Waals surface area (Å²) in [5.41, 5.74) is 2.87. The maximum absolute atomic E-state index is 10.9. The first-order valence-corrected chi connectivity index (χ1v) is 7.27. The number of aryl methyl sites for hydroxylation is 1. The van der Waals surface area contributed by atoms with Crippen molar-refractivity contribution in [3.05, 3.63) is 57.1 Å². The molecule has 4 nitrogen and oxygen atoms in total. The van der Waals surface area contributed by atoms with E-state index in [1.807, 2.05) is 6.92 Å². The van der Waals surface area contributed by atoms with Gasteiger partial charge in [0.2, 0.25) is 0 Å². The minimum Gasteiger partial charge on any atom is -0.494 e. The average molecular weight is 340 g/mol. The van der Waals surface area contributed by atoms with Gasteiger partial charge in [-0.3, -0.25) is 0 Å². The molecule has 0 radical (unpaired) electrons. The summed E-state index contributed by atoms with van der Waals surface area (Å²) >= 11 is 12.2. The predicted octanol–water partition coefficient (Wildman–Crippen LogP) is 4.62. The number of aromatic carboxylic acids is 1. The van der Waals surface area contributed by atoms with Gasteiger partial charge in [0.05, 0.1) is 22.7 Å². The van der Waals surface area contributed by atoms with Crippen molar-refractivity contribution in [1.29, 1.82) is 0 Å². The molecule has 2 N–H and O–H groups in total. The molecule has 0 aliphatic heterocycles. The van der Waals surface area contributed by atoms with Gasteiger partial charge in [-0.1, -0.05) is 23.2 Å². The van der Waals surface area contributed by atoms with E-state index in [1.165, 1.54) is 7.11 Å². The monoisotopic (exact) mass is 339 g/mol. The third-order valence-electron chi connectivity index (χ3n) is 3.22. The number of rotatable bonds is 5. The minimum absolute atomic E-state index is 0.263. The van der Waals surface area contributed by atoms with E-state index < -0.39 is 5.97 Å². The van der Waals surface area contributed by atoms with Crippen LogP contribution >= 0.6 is 23.2 Å². The van der Waals surface area contributed by atoms with Crippen LogP contribution in [0, 0.1) is 6.92 Å². The number of nitrogens with one attached hydrogen (secondary N) is 1. The molecule has 0 unspecified atom stereocenters. The molecule has 0 fully saturated rings. The predicted molar refractivity (Wildman–Crippen MR) is 88.5 cm³/mol. The molecule has 0 amide bonds. The first kappa shape index (κ1) is 16.5. The molecule has 0 aliphatic rings. The normalized spacial score (nSPS) is 10.4. The Morgan fingerprint density at radius 2 is 1.86 bits per heavy atom. The number of anilines is 1. The SMILES string of the molecule is COc1c(Cl)cc(CNc2ccc(C(=O)O)cc2C)cc1Cl. The highest BCUT2D eigenvalue weighted by molar-refractivity contribution is 6.37. The first-order valence-electron chi connectivity index (χ1n) is 6.52. The minimum atomic E-state index is -0.941. The molecule has 0 aromatic heterocycles. The van der Waals surface area contributed by atoms with Crippen LogP contribution in [-0.2, 0) is 6.54 Å². The van der Waals surface area contributed by atoms with E-state index in [9.17, 15) is 4.79 Å². The molecular weight excluding hydrogens is 325 g/mol. The van der Waals surface area contributed by atoms with Crippen molar-refractivity contribution >= 4 is 34.9 Å². The van der Waals surface area contributed by atoms with E-state index in [4.69, 9.17) is 33.0 Å². The van der Waals surface area contributed by atoms with Crippen LogP contribution in [0.1, 0.15) is 21.5 Å². The Morgan fingerprint density at radius 1 is 1.23 bits per heavy atom. The van der Waals surface area contributed by atoms with E-state index in [-0.39, 0.29) is 5.56 Å². The molecule has 0 spiro atoms. The fraction of sp³-hybridized carbons (Fsp3) is 0.188. The van der Waals surface area contributed by atoms with Crippen molar-refractivity contribution < 1.29 is 14.6 Å². The number of hydrogen-bond acceptors (Lipinski definition) is 3. The molecule has 0 bridgehead atoms. The highest BCUT2D eigenvalue weighted by Crippen LogP contribution is 2.34. The molecule has 0 aliphatic carbocycles. The molecule has 0 saturated heterocycles. The van der Waals surface area contributed by atoms with Crippen molar-refractivity contribution in [2.75, 3.05) is 12.4 Å². The van der Waals surface area contributed by atoms with Gasteiger partial charge in [-0.25, -0.2) is 4.79 Å². The number of carboxylic acids is 1. The fourth-order valence-electron chi connectivity index (χ4n) is 2.10. The van der Waals surface area contributed by atoms with Gasteiger partial charge in [-0.2, -0.15) is 0 Å². The maximum Gasteiger partial charge on any atom is 0.335 e. The summed E-state index contributed by atoms with van der Waals surface area (Å²) in [4.78, 5) is 10.9. The number of methoxy groups -OCH3 is 1. The van der Waals surface area contributed by atoms with Crippen LogP contribution in [0.25, 0.3) is 0 Å². The lowest BCUT2D eigenvalue weighted by molar-refractivity contribution is 0.0697. The lowest BCUT2D eigenvalue weighted by atomic mass is 10.1. The number of carboxylic acid groups (broad SMARTS) is 1. The fourth-order valence-corrected chi connectivity index (χ4v) is 2.79. The summed E-state index contributed by atoms with van der Waals surface area (Å²) in [7, 11) is 1.51. The van der Waals surface area contributed by atoms with Gasteiger partial charge in [0.25, 0.3) is 0 Å². The van der Waals surface area contributed by atoms with Crippen LogP contribution in [0.5, 0.6) is 5.75 Å². The molecule has 0 atom stereocenters. The Bertz CT molecular complexity index is 694. The number of carbonyl (C=O) groups is 1. The third-order valence-corrected chi connectivity index (χ3v) is 3.78. The van der Waals surface area contributed by atoms with Gasteiger partial charge in [0, 0.05) is 12.2 Å². The Balaban J connectivity index is 2.15. The van der Waals surface area contributed by atoms with Crippen LogP contribution in [-0.4, -0.2) is 18.2 Å². The maximum atomic E-state index is 10.9. The lowest BCUT2D eigenvalue weighted by Gasteiger charge is -2.12. The molecule has 0 saturated carbocycles. The quantitative estimate of drug-likeness (QED) is 0.834. The molecule has 0 heterocycles. The van der Waals surface area contributed by atoms with Crippen LogP contribution in [0.2, 0.25) is 10.0 Å². The van der Waals surface area contributed by atoms with Gasteiger partial charge in [-0.15, -0.1) is 0 Å². The smallest absolute Gasteiger partial charge is 0.335 e. The summed E-state index contributed by atoms with van der Waals surface area (Å²) in [5, 5.41) is 13.1. The van der Waals surface area contributed by atoms with Crippen molar-refractivity contribution in [2.45, 2.75) is 13.5 Å². The largest absolute Gasteiger partial charge is 0.494 e. The Hall–Kier alpha value is -1.91. The zero-order valence-electron chi connectivity index (χ0n) is 12.1. The molecule has 2 aromatic rings. The highest BCUT2D eigenvalue weighted by atomic mass is 35.5. The Kier molecular flexibility index (Phi) is 5.16. The average Bonchev–Trinajstić information content (AvgIpc) is 2.45. The van der Waals surface area contributed by atoms with Crippen LogP contribution in [0.15, 0.2) is 30.3 Å². The summed E-state index contributed by atoms with van der Waals surface area (Å²) < 4.78 is 5.11. The zero-order chi connectivity index (χ0) is 16.3. The molecule has 6 heteroatoms. The molecule has 116 valence electrons. The third kappa shape index (κ3) is 3.64. The number of benzene rings is 2. The van der Waals surface area contributed by atoms with E-state index >= 15 is 0 Å². The van der Waals surface area contributed by atoms with Crippen molar-refractivity contribution in [2.24, 2.45) is 0 Å². The molecule has 2 aromatic carbocycles. The van der Waals surface area contributed by atoms with Gasteiger partial charge < -0.3 is 15.2 Å². The Labute approximate surface area is 138 Å². The van der Waals surface area contributed by atoms with Gasteiger partial charge in [-0.05, 0) is 48.4 Å². The summed E-state index contributed by atoms with van der Waals surface area (Å²) in [6.45, 7) is 2.36. The summed E-state index contributed by atoms with van der Waals surface area (Å²) in [5.74, 6) is -0.488. The van der Waals surface area contributed by atoms with Gasteiger partial charge >= 0.3 is 5.97 Å². The first-order chi connectivity index (χ1) is 10.4. The summed E-state index contributed by atoms with van der Waals surface area (Å²) in [6.07, 6.45) is 0. The van der Waals surface area contributed by atoms with Crippen LogP contribution in [0.3, 0.4) is 0 Å². The van der Waals surface area contributed by atoms with Gasteiger partial charge in [0.15, 0.2) is 5.75 Å². The van der Waals surface area contributed by atoms with Crippen LogP contribution < -0.4 is 10.1 Å². The second-order valence-electron chi connectivity index (χ2n) is 4.78. The number of ether oxygens (including phenoxy) is 1. The second kappa shape index (κ2) is 6.90. The second-order valence-corrected chi connectivity index (χ2v) is 5.60. The van der Waals surface area contributed by atoms with E-state index in [1.54, 1.807) is 30.3 Å². The standard InChI is InChI=1S/C16H15Cl2NO3/c1-9-5-11(16(20)21)3-4-14(9)19-8-10-6-12(17)15(22-2)13(18)7-10/h3-7,19H,8H2,1-2H3,(H,20,21). The highest BCUT2D eigenvalue weighted by Gasteiger charge is 2.09. The van der Waals surface area contributed by atoms with E-state index in [0.29, 0.717) is 22.3 Å². The Morgan fingerprint density at radius 3 is 2.36 bits per heavy atom. The topological polar surface area (TPSA) is 58.6 Å². The molecule has 2 rings (SSSR count). The number of hydrogen-bond donors (Lipinski definition) is 2. The van der Waals surface area contributed by atoms with Crippen molar-refractivity contribution in [3.63, 3.8) is 0 Å². The van der Waals surface area contributed by atoms with Crippen molar-refractivity contribution in [1.82, 2.24) is 0 Å². The molecular formula is C16H15Cl2NO3.